The highest BCUT2D eigenvalue weighted by atomic mass is 16.5. The van der Waals surface area contributed by atoms with E-state index in [9.17, 15) is 9.59 Å². The van der Waals surface area contributed by atoms with Gasteiger partial charge >= 0.3 is 0 Å². The molecule has 7 heteroatoms. The van der Waals surface area contributed by atoms with Crippen LogP contribution in [0.5, 0.6) is 11.5 Å². The van der Waals surface area contributed by atoms with Crippen LogP contribution in [0.1, 0.15) is 6.92 Å². The van der Waals surface area contributed by atoms with Crippen LogP contribution in [0.15, 0.2) is 42.5 Å². The lowest BCUT2D eigenvalue weighted by molar-refractivity contribution is -0.132. The van der Waals surface area contributed by atoms with E-state index < -0.39 is 0 Å². The van der Waals surface area contributed by atoms with Crippen LogP contribution in [0.3, 0.4) is 0 Å². The Labute approximate surface area is 170 Å². The molecule has 1 atom stereocenters. The lowest BCUT2D eigenvalue weighted by Crippen LogP contribution is -2.57. The van der Waals surface area contributed by atoms with E-state index in [4.69, 9.17) is 9.47 Å². The second-order valence-corrected chi connectivity index (χ2v) is 7.39. The van der Waals surface area contributed by atoms with E-state index in [0.29, 0.717) is 37.7 Å². The average molecular weight is 395 g/mol. The Morgan fingerprint density at radius 1 is 1.17 bits per heavy atom. The number of hydrogen-bond donors (Lipinski definition) is 1. The molecule has 152 valence electrons. The second kappa shape index (κ2) is 8.13. The van der Waals surface area contributed by atoms with Gasteiger partial charge in [0.25, 0.3) is 0 Å². The highest BCUT2D eigenvalue weighted by Crippen LogP contribution is 2.33. The molecule has 0 unspecified atom stereocenters. The SMILES string of the molecule is COc1cccc(-c2ccc3c(c2)NC(=O)CN2CCN(C(C)=O)C[C@@H]2CO3)c1. The molecule has 0 bridgehead atoms. The van der Waals surface area contributed by atoms with Crippen molar-refractivity contribution in [2.24, 2.45) is 0 Å². The summed E-state index contributed by atoms with van der Waals surface area (Å²) in [5.74, 6) is 1.38. The zero-order chi connectivity index (χ0) is 20.4. The first-order valence-electron chi connectivity index (χ1n) is 9.74. The van der Waals surface area contributed by atoms with Gasteiger partial charge in [0.05, 0.1) is 25.4 Å². The molecule has 1 saturated heterocycles. The first-order chi connectivity index (χ1) is 14.0. The van der Waals surface area contributed by atoms with Gasteiger partial charge in [0.1, 0.15) is 18.1 Å². The second-order valence-electron chi connectivity index (χ2n) is 7.39. The van der Waals surface area contributed by atoms with Gasteiger partial charge in [-0.2, -0.15) is 0 Å². The summed E-state index contributed by atoms with van der Waals surface area (Å²) in [7, 11) is 1.64. The minimum absolute atomic E-state index is 0.0117. The number of carbonyl (C=O) groups is 2. The van der Waals surface area contributed by atoms with Crippen LogP contribution in [-0.2, 0) is 9.59 Å². The number of nitrogens with one attached hydrogen (secondary N) is 1. The van der Waals surface area contributed by atoms with Gasteiger partial charge in [0.15, 0.2) is 0 Å². The van der Waals surface area contributed by atoms with Gasteiger partial charge in [-0.15, -0.1) is 0 Å². The minimum Gasteiger partial charge on any atom is -0.497 e. The monoisotopic (exact) mass is 395 g/mol. The van der Waals surface area contributed by atoms with Gasteiger partial charge in [0.2, 0.25) is 11.8 Å². The zero-order valence-electron chi connectivity index (χ0n) is 16.7. The molecule has 0 radical (unpaired) electrons. The van der Waals surface area contributed by atoms with E-state index in [1.54, 1.807) is 14.0 Å². The molecule has 0 spiro atoms. The number of piperazine rings is 1. The average Bonchev–Trinajstić information content (AvgIpc) is 2.79. The Bertz CT molecular complexity index is 930. The molecule has 0 aliphatic carbocycles. The fraction of sp³-hybridized carbons (Fsp3) is 0.364. The predicted octanol–water partition coefficient (Wildman–Crippen LogP) is 2.23. The highest BCUT2D eigenvalue weighted by molar-refractivity contribution is 5.94. The first-order valence-corrected chi connectivity index (χ1v) is 9.74. The summed E-state index contributed by atoms with van der Waals surface area (Å²) < 4.78 is 11.4. The van der Waals surface area contributed by atoms with E-state index in [0.717, 1.165) is 16.9 Å². The third-order valence-electron chi connectivity index (χ3n) is 5.48. The van der Waals surface area contributed by atoms with Crippen molar-refractivity contribution < 1.29 is 19.1 Å². The molecule has 1 fully saturated rings. The van der Waals surface area contributed by atoms with Gasteiger partial charge in [-0.1, -0.05) is 18.2 Å². The van der Waals surface area contributed by atoms with Crippen LogP contribution >= 0.6 is 0 Å². The molecule has 7 nitrogen and oxygen atoms in total. The molecule has 0 saturated carbocycles. The van der Waals surface area contributed by atoms with E-state index in [1.807, 2.05) is 47.4 Å². The van der Waals surface area contributed by atoms with Crippen LogP contribution in [0.2, 0.25) is 0 Å². The highest BCUT2D eigenvalue weighted by Gasteiger charge is 2.31. The van der Waals surface area contributed by atoms with Gasteiger partial charge in [-0.25, -0.2) is 0 Å². The first kappa shape index (κ1) is 19.3. The van der Waals surface area contributed by atoms with Crippen molar-refractivity contribution in [3.8, 4) is 22.6 Å². The Kier molecular flexibility index (Phi) is 5.40. The molecular formula is C22H25N3O4. The Morgan fingerprint density at radius 2 is 2.00 bits per heavy atom. The molecule has 2 aromatic rings. The number of benzene rings is 2. The maximum atomic E-state index is 12.7. The zero-order valence-corrected chi connectivity index (χ0v) is 16.7. The number of nitrogens with zero attached hydrogens (tertiary/aromatic N) is 2. The van der Waals surface area contributed by atoms with E-state index in [1.165, 1.54) is 0 Å². The van der Waals surface area contributed by atoms with Crippen molar-refractivity contribution >= 4 is 17.5 Å². The van der Waals surface area contributed by atoms with E-state index in [2.05, 4.69) is 10.2 Å². The number of hydrogen-bond acceptors (Lipinski definition) is 5. The van der Waals surface area contributed by atoms with Crippen molar-refractivity contribution in [2.75, 3.05) is 45.2 Å². The number of ether oxygens (including phenoxy) is 2. The van der Waals surface area contributed by atoms with Crippen molar-refractivity contribution in [1.29, 1.82) is 0 Å². The molecule has 2 heterocycles. The minimum atomic E-state index is -0.0826. The summed E-state index contributed by atoms with van der Waals surface area (Å²) in [5, 5.41) is 2.99. The summed E-state index contributed by atoms with van der Waals surface area (Å²) in [5.41, 5.74) is 2.61. The third-order valence-corrected chi connectivity index (χ3v) is 5.48. The molecule has 2 amide bonds. The van der Waals surface area contributed by atoms with E-state index >= 15 is 0 Å². The summed E-state index contributed by atoms with van der Waals surface area (Å²) in [4.78, 5) is 28.3. The van der Waals surface area contributed by atoms with Gasteiger partial charge in [-0.3, -0.25) is 14.5 Å². The standard InChI is InChI=1S/C22H25N3O4/c1-15(26)24-8-9-25-13-22(27)23-20-11-17(16-4-3-5-19(10-16)28-2)6-7-21(20)29-14-18(25)12-24/h3-7,10-11,18H,8-9,12-14H2,1-2H3,(H,23,27)/t18-/m1/s1. The number of anilines is 1. The fourth-order valence-electron chi connectivity index (χ4n) is 3.84. The number of fused-ring (bicyclic) bond motifs is 2. The summed E-state index contributed by atoms with van der Waals surface area (Å²) in [6, 6.07) is 13.5. The predicted molar refractivity (Wildman–Crippen MR) is 110 cm³/mol. The molecular weight excluding hydrogens is 370 g/mol. The molecule has 2 aromatic carbocycles. The molecule has 0 aromatic heterocycles. The quantitative estimate of drug-likeness (QED) is 0.844. The maximum Gasteiger partial charge on any atom is 0.238 e. The summed E-state index contributed by atoms with van der Waals surface area (Å²) >= 11 is 0. The Balaban J connectivity index is 1.60. The van der Waals surface area contributed by atoms with Gasteiger partial charge < -0.3 is 19.7 Å². The van der Waals surface area contributed by atoms with Gasteiger partial charge in [-0.05, 0) is 35.4 Å². The van der Waals surface area contributed by atoms with E-state index in [-0.39, 0.29) is 24.4 Å². The normalized spacial score (nSPS) is 19.6. The lowest BCUT2D eigenvalue weighted by Gasteiger charge is -2.40. The van der Waals surface area contributed by atoms with Crippen LogP contribution in [0.25, 0.3) is 11.1 Å². The number of rotatable bonds is 2. The molecule has 2 aliphatic heterocycles. The molecule has 1 N–H and O–H groups in total. The van der Waals surface area contributed by atoms with Crippen molar-refractivity contribution in [2.45, 2.75) is 13.0 Å². The van der Waals surface area contributed by atoms with Crippen LogP contribution in [0.4, 0.5) is 5.69 Å². The van der Waals surface area contributed by atoms with Crippen molar-refractivity contribution in [3.05, 3.63) is 42.5 Å². The summed E-state index contributed by atoms with van der Waals surface area (Å²) in [6.45, 7) is 4.14. The third kappa shape index (κ3) is 4.19. The number of carbonyl (C=O) groups excluding carboxylic acids is 2. The summed E-state index contributed by atoms with van der Waals surface area (Å²) in [6.07, 6.45) is 0. The van der Waals surface area contributed by atoms with Crippen molar-refractivity contribution in [1.82, 2.24) is 9.80 Å². The van der Waals surface area contributed by atoms with Gasteiger partial charge in [0, 0.05) is 26.6 Å². The smallest absolute Gasteiger partial charge is 0.238 e. The Hall–Kier alpha value is -3.06. The van der Waals surface area contributed by atoms with Crippen LogP contribution in [-0.4, -0.2) is 67.6 Å². The number of methoxy groups -OCH3 is 1. The Morgan fingerprint density at radius 3 is 2.79 bits per heavy atom. The topological polar surface area (TPSA) is 71.1 Å². The fourth-order valence-corrected chi connectivity index (χ4v) is 3.84. The van der Waals surface area contributed by atoms with Crippen LogP contribution < -0.4 is 14.8 Å². The molecule has 4 rings (SSSR count). The lowest BCUT2D eigenvalue weighted by atomic mass is 10.0. The van der Waals surface area contributed by atoms with Crippen LogP contribution in [0, 0.1) is 0 Å². The number of amides is 2. The largest absolute Gasteiger partial charge is 0.497 e. The molecule has 2 aliphatic rings. The maximum absolute atomic E-state index is 12.7. The molecule has 29 heavy (non-hydrogen) atoms. The van der Waals surface area contributed by atoms with Crippen molar-refractivity contribution in [3.63, 3.8) is 0 Å².